The van der Waals surface area contributed by atoms with Gasteiger partial charge in [0.05, 0.1) is 18.2 Å². The predicted molar refractivity (Wildman–Crippen MR) is 94.2 cm³/mol. The predicted octanol–water partition coefficient (Wildman–Crippen LogP) is 3.94. The lowest BCUT2D eigenvalue weighted by atomic mass is 9.87. The van der Waals surface area contributed by atoms with Gasteiger partial charge in [-0.25, -0.2) is 9.59 Å². The van der Waals surface area contributed by atoms with E-state index >= 15 is 0 Å². The zero-order chi connectivity index (χ0) is 19.7. The van der Waals surface area contributed by atoms with Gasteiger partial charge < -0.3 is 4.74 Å². The van der Waals surface area contributed by atoms with Crippen LogP contribution in [0.1, 0.15) is 47.1 Å². The van der Waals surface area contributed by atoms with Crippen LogP contribution in [0.25, 0.3) is 0 Å². The second kappa shape index (κ2) is 9.55. The molecule has 2 rings (SSSR count). The van der Waals surface area contributed by atoms with Crippen LogP contribution < -0.4 is 4.74 Å². The van der Waals surface area contributed by atoms with Crippen LogP contribution in [0.5, 0.6) is 5.75 Å². The maximum absolute atomic E-state index is 10.9. The van der Waals surface area contributed by atoms with Crippen molar-refractivity contribution in [1.82, 2.24) is 0 Å². The number of ether oxygens (including phenoxy) is 1. The summed E-state index contributed by atoms with van der Waals surface area (Å²) in [6, 6.07) is 13.2. The van der Waals surface area contributed by atoms with Crippen LogP contribution in [-0.4, -0.2) is 29.6 Å². The zero-order valence-corrected chi connectivity index (χ0v) is 15.1. The number of benzene rings is 2. The van der Waals surface area contributed by atoms with Gasteiger partial charge in [0, 0.05) is 0 Å². The molecule has 0 saturated heterocycles. The molecule has 7 heteroatoms. The van der Waals surface area contributed by atoms with E-state index in [0.717, 1.165) is 5.56 Å². The lowest BCUT2D eigenvalue weighted by molar-refractivity contribution is -0.182. The summed E-state index contributed by atoms with van der Waals surface area (Å²) in [7, 11) is 1.53. The molecule has 0 aliphatic carbocycles. The van der Waals surface area contributed by atoms with Gasteiger partial charge in [0.15, 0.2) is 0 Å². The Balaban J connectivity index is 0.000000263. The summed E-state index contributed by atoms with van der Waals surface area (Å²) >= 11 is 0. The zero-order valence-electron chi connectivity index (χ0n) is 15.1. The van der Waals surface area contributed by atoms with Gasteiger partial charge in [-0.05, 0) is 47.4 Å². The van der Waals surface area contributed by atoms with Crippen molar-refractivity contribution < 1.29 is 34.6 Å². The Morgan fingerprint density at radius 3 is 1.46 bits per heavy atom. The third-order valence-electron chi connectivity index (χ3n) is 3.48. The summed E-state index contributed by atoms with van der Waals surface area (Å²) in [5, 5.41) is 16.2. The quantitative estimate of drug-likeness (QED) is 0.630. The molecule has 0 aliphatic heterocycles. The van der Waals surface area contributed by atoms with E-state index in [2.05, 4.69) is 30.5 Å². The number of rotatable bonds is 3. The SMILES string of the molecule is CC(C)(C)c1ccc(C(=O)OO)cc1.COc1ccc(C(=O)OO)cc1. The maximum atomic E-state index is 10.9. The minimum Gasteiger partial charge on any atom is -0.497 e. The van der Waals surface area contributed by atoms with Crippen LogP contribution in [0.15, 0.2) is 48.5 Å². The van der Waals surface area contributed by atoms with Gasteiger partial charge in [0.1, 0.15) is 5.75 Å². The number of hydrogen-bond donors (Lipinski definition) is 2. The molecule has 0 saturated carbocycles. The van der Waals surface area contributed by atoms with E-state index in [1.807, 2.05) is 12.1 Å². The van der Waals surface area contributed by atoms with Gasteiger partial charge in [-0.15, -0.1) is 0 Å². The summed E-state index contributed by atoms with van der Waals surface area (Å²) in [6.07, 6.45) is 0. The van der Waals surface area contributed by atoms with Gasteiger partial charge in [-0.1, -0.05) is 32.9 Å². The minimum atomic E-state index is -0.780. The standard InChI is InChI=1S/C11H14O3.C8H8O4/c1-11(2,3)9-6-4-8(5-7-9)10(12)14-13;1-11-7-4-2-6(3-5-7)8(9)12-10/h4-7,13H,1-3H3;2-5,10H,1H3. The number of carbonyl (C=O) groups is 2. The van der Waals surface area contributed by atoms with Crippen LogP contribution in [-0.2, 0) is 15.2 Å². The molecule has 0 heterocycles. The molecule has 0 unspecified atom stereocenters. The fraction of sp³-hybridized carbons (Fsp3) is 0.263. The van der Waals surface area contributed by atoms with Crippen LogP contribution in [0.4, 0.5) is 0 Å². The van der Waals surface area contributed by atoms with Crippen molar-refractivity contribution in [2.45, 2.75) is 26.2 Å². The highest BCUT2D eigenvalue weighted by atomic mass is 17.1. The molecule has 0 aromatic heterocycles. The van der Waals surface area contributed by atoms with Gasteiger partial charge in [-0.2, -0.15) is 10.5 Å². The molecule has 0 fully saturated rings. The molecule has 0 radical (unpaired) electrons. The summed E-state index contributed by atoms with van der Waals surface area (Å²) in [5.74, 6) is -0.868. The van der Waals surface area contributed by atoms with Crippen molar-refractivity contribution in [2.75, 3.05) is 7.11 Å². The van der Waals surface area contributed by atoms with Gasteiger partial charge in [-0.3, -0.25) is 9.78 Å². The van der Waals surface area contributed by atoms with Crippen molar-refractivity contribution >= 4 is 11.9 Å². The highest BCUT2D eigenvalue weighted by Crippen LogP contribution is 2.22. The van der Waals surface area contributed by atoms with Crippen LogP contribution in [0, 0.1) is 0 Å². The Hall–Kier alpha value is -2.90. The van der Waals surface area contributed by atoms with E-state index in [0.29, 0.717) is 11.3 Å². The van der Waals surface area contributed by atoms with E-state index in [9.17, 15) is 9.59 Å². The Kier molecular flexibility index (Phi) is 7.77. The fourth-order valence-corrected chi connectivity index (χ4v) is 1.94. The van der Waals surface area contributed by atoms with Crippen molar-refractivity contribution in [3.05, 3.63) is 65.2 Å². The Bertz CT molecular complexity index is 713. The third-order valence-corrected chi connectivity index (χ3v) is 3.48. The molecular formula is C19H22O7. The van der Waals surface area contributed by atoms with Crippen LogP contribution >= 0.6 is 0 Å². The van der Waals surface area contributed by atoms with Gasteiger partial charge in [0.25, 0.3) is 0 Å². The Morgan fingerprint density at radius 1 is 0.769 bits per heavy atom. The highest BCUT2D eigenvalue weighted by molar-refractivity contribution is 5.89. The Morgan fingerprint density at radius 2 is 1.15 bits per heavy atom. The molecule has 0 aliphatic rings. The van der Waals surface area contributed by atoms with E-state index in [4.69, 9.17) is 15.3 Å². The first-order chi connectivity index (χ1) is 12.2. The summed E-state index contributed by atoms with van der Waals surface area (Å²) in [6.45, 7) is 6.27. The molecular weight excluding hydrogens is 340 g/mol. The molecule has 0 amide bonds. The van der Waals surface area contributed by atoms with Gasteiger partial charge in [0.2, 0.25) is 0 Å². The summed E-state index contributed by atoms with van der Waals surface area (Å²) < 4.78 is 4.87. The largest absolute Gasteiger partial charge is 0.497 e. The summed E-state index contributed by atoms with van der Waals surface area (Å²) in [5.41, 5.74) is 1.81. The van der Waals surface area contributed by atoms with E-state index in [-0.39, 0.29) is 11.0 Å². The first-order valence-corrected chi connectivity index (χ1v) is 7.69. The number of methoxy groups -OCH3 is 1. The number of hydrogen-bond acceptors (Lipinski definition) is 7. The Labute approximate surface area is 151 Å². The molecule has 2 aromatic rings. The molecule has 26 heavy (non-hydrogen) atoms. The molecule has 2 N–H and O–H groups in total. The first kappa shape index (κ1) is 21.1. The van der Waals surface area contributed by atoms with E-state index < -0.39 is 11.9 Å². The average Bonchev–Trinajstić information content (AvgIpc) is 2.66. The van der Waals surface area contributed by atoms with Crippen molar-refractivity contribution in [3.8, 4) is 5.75 Å². The summed E-state index contributed by atoms with van der Waals surface area (Å²) in [4.78, 5) is 28.8. The monoisotopic (exact) mass is 362 g/mol. The molecule has 0 bridgehead atoms. The third kappa shape index (κ3) is 6.19. The molecule has 0 atom stereocenters. The topological polar surface area (TPSA) is 102 Å². The molecule has 2 aromatic carbocycles. The average molecular weight is 362 g/mol. The van der Waals surface area contributed by atoms with Crippen LogP contribution in [0.3, 0.4) is 0 Å². The van der Waals surface area contributed by atoms with E-state index in [1.54, 1.807) is 24.3 Å². The first-order valence-electron chi connectivity index (χ1n) is 7.69. The fourth-order valence-electron chi connectivity index (χ4n) is 1.94. The second-order valence-corrected chi connectivity index (χ2v) is 6.31. The number of carbonyl (C=O) groups excluding carboxylic acids is 2. The molecule has 0 spiro atoms. The van der Waals surface area contributed by atoms with Crippen molar-refractivity contribution in [2.24, 2.45) is 0 Å². The van der Waals surface area contributed by atoms with E-state index in [1.165, 1.54) is 19.2 Å². The molecule has 7 nitrogen and oxygen atoms in total. The minimum absolute atomic E-state index is 0.0572. The molecule has 140 valence electrons. The second-order valence-electron chi connectivity index (χ2n) is 6.31. The van der Waals surface area contributed by atoms with Crippen LogP contribution in [0.2, 0.25) is 0 Å². The highest BCUT2D eigenvalue weighted by Gasteiger charge is 2.14. The lowest BCUT2D eigenvalue weighted by Crippen LogP contribution is -2.11. The lowest BCUT2D eigenvalue weighted by Gasteiger charge is -2.18. The van der Waals surface area contributed by atoms with Crippen molar-refractivity contribution in [1.29, 1.82) is 0 Å². The smallest absolute Gasteiger partial charge is 0.372 e. The normalized spacial score (nSPS) is 10.2. The van der Waals surface area contributed by atoms with Crippen molar-refractivity contribution in [3.63, 3.8) is 0 Å². The van der Waals surface area contributed by atoms with Gasteiger partial charge >= 0.3 is 11.9 Å². The maximum Gasteiger partial charge on any atom is 0.372 e.